The highest BCUT2D eigenvalue weighted by atomic mass is 16.5. The Morgan fingerprint density at radius 1 is 0.708 bits per heavy atom. The molecule has 2 N–H and O–H groups in total. The van der Waals surface area contributed by atoms with Gasteiger partial charge in [0.15, 0.2) is 0 Å². The first-order chi connectivity index (χ1) is 11.8. The van der Waals surface area contributed by atoms with Crippen LogP contribution in [-0.2, 0) is 9.47 Å². The summed E-state index contributed by atoms with van der Waals surface area (Å²) in [5, 5.41) is 8.53. The maximum Gasteiger partial charge on any atom is 0.296 e. The molecule has 2 aromatic carbocycles. The lowest BCUT2D eigenvalue weighted by Gasteiger charge is -2.11. The van der Waals surface area contributed by atoms with Gasteiger partial charge in [-0.2, -0.15) is 0 Å². The van der Waals surface area contributed by atoms with Crippen LogP contribution in [0.25, 0.3) is 0 Å². The van der Waals surface area contributed by atoms with Crippen LogP contribution in [0.3, 0.4) is 0 Å². The van der Waals surface area contributed by atoms with Crippen molar-refractivity contribution in [2.75, 3.05) is 24.1 Å². The van der Waals surface area contributed by atoms with Gasteiger partial charge in [-0.3, -0.25) is 10.9 Å². The first kappa shape index (κ1) is 17.3. The number of ether oxygens (including phenoxy) is 2. The molecule has 0 amide bonds. The molecule has 0 aliphatic heterocycles. The molecule has 24 heavy (non-hydrogen) atoms. The van der Waals surface area contributed by atoms with Crippen molar-refractivity contribution in [3.63, 3.8) is 0 Å². The van der Waals surface area contributed by atoms with Crippen LogP contribution < -0.4 is 10.9 Å². The summed E-state index contributed by atoms with van der Waals surface area (Å²) in [6, 6.07) is 19.2. The third-order valence-corrected chi connectivity index (χ3v) is 2.87. The molecule has 0 unspecified atom stereocenters. The van der Waals surface area contributed by atoms with E-state index in [1.807, 2.05) is 74.5 Å². The zero-order chi connectivity index (χ0) is 17.0. The fourth-order valence-corrected chi connectivity index (χ4v) is 1.81. The quantitative estimate of drug-likeness (QED) is 0.480. The molecular weight excluding hydrogens is 304 g/mol. The number of hydrogen-bond acceptors (Lipinski definition) is 6. The maximum atomic E-state index is 5.56. The van der Waals surface area contributed by atoms with Gasteiger partial charge in [0.2, 0.25) is 0 Å². The van der Waals surface area contributed by atoms with Gasteiger partial charge in [-0.1, -0.05) is 36.4 Å². The van der Waals surface area contributed by atoms with E-state index >= 15 is 0 Å². The van der Waals surface area contributed by atoms with Gasteiger partial charge < -0.3 is 9.47 Å². The summed E-state index contributed by atoms with van der Waals surface area (Å²) < 4.78 is 11.1. The molecule has 6 heteroatoms. The number of rotatable bonds is 6. The second-order valence-electron chi connectivity index (χ2n) is 4.66. The van der Waals surface area contributed by atoms with Crippen LogP contribution in [0.5, 0.6) is 0 Å². The van der Waals surface area contributed by atoms with Crippen LogP contribution >= 0.6 is 0 Å². The van der Waals surface area contributed by atoms with Crippen molar-refractivity contribution in [2.24, 2.45) is 10.2 Å². The average molecular weight is 326 g/mol. The minimum absolute atomic E-state index is 0.284. The van der Waals surface area contributed by atoms with Gasteiger partial charge in [0.25, 0.3) is 11.8 Å². The molecule has 0 heterocycles. The normalized spacial score (nSPS) is 11.8. The van der Waals surface area contributed by atoms with E-state index in [2.05, 4.69) is 21.1 Å². The van der Waals surface area contributed by atoms with Crippen LogP contribution in [-0.4, -0.2) is 25.0 Å². The SMILES string of the molecule is CCOC(=N\Nc1ccccc1)/C(=N\Nc1ccccc1)OCC. The van der Waals surface area contributed by atoms with Gasteiger partial charge in [0.05, 0.1) is 24.6 Å². The molecule has 0 aromatic heterocycles. The van der Waals surface area contributed by atoms with Crippen molar-refractivity contribution in [1.82, 2.24) is 0 Å². The minimum Gasteiger partial charge on any atom is -0.473 e. The molecule has 0 saturated heterocycles. The number of anilines is 2. The van der Waals surface area contributed by atoms with Crippen molar-refractivity contribution in [3.8, 4) is 0 Å². The van der Waals surface area contributed by atoms with E-state index in [4.69, 9.17) is 9.47 Å². The summed E-state index contributed by atoms with van der Waals surface area (Å²) in [7, 11) is 0. The Labute approximate surface area is 142 Å². The van der Waals surface area contributed by atoms with Crippen LogP contribution in [0.1, 0.15) is 13.8 Å². The molecular formula is C18H22N4O2. The Balaban J connectivity index is 2.16. The molecule has 126 valence electrons. The summed E-state index contributed by atoms with van der Waals surface area (Å²) >= 11 is 0. The summed E-state index contributed by atoms with van der Waals surface area (Å²) in [6.07, 6.45) is 0. The third-order valence-electron chi connectivity index (χ3n) is 2.87. The largest absolute Gasteiger partial charge is 0.473 e. The molecule has 2 aromatic rings. The van der Waals surface area contributed by atoms with Gasteiger partial charge >= 0.3 is 0 Å². The van der Waals surface area contributed by atoms with Gasteiger partial charge in [-0.25, -0.2) is 0 Å². The Hall–Kier alpha value is -3.02. The van der Waals surface area contributed by atoms with Gasteiger partial charge in [0, 0.05) is 0 Å². The van der Waals surface area contributed by atoms with Crippen LogP contribution in [0, 0.1) is 0 Å². The van der Waals surface area contributed by atoms with Crippen LogP contribution in [0.2, 0.25) is 0 Å². The first-order valence-electron chi connectivity index (χ1n) is 7.87. The van der Waals surface area contributed by atoms with Crippen molar-refractivity contribution >= 4 is 23.2 Å². The van der Waals surface area contributed by atoms with E-state index < -0.39 is 0 Å². The summed E-state index contributed by atoms with van der Waals surface area (Å²) in [5.41, 5.74) is 7.58. The molecule has 2 rings (SSSR count). The van der Waals surface area contributed by atoms with Gasteiger partial charge in [-0.15, -0.1) is 10.2 Å². The monoisotopic (exact) mass is 326 g/mol. The van der Waals surface area contributed by atoms with Crippen LogP contribution in [0.4, 0.5) is 11.4 Å². The third kappa shape index (κ3) is 5.64. The van der Waals surface area contributed by atoms with Crippen molar-refractivity contribution in [3.05, 3.63) is 60.7 Å². The average Bonchev–Trinajstić information content (AvgIpc) is 2.64. The predicted octanol–water partition coefficient (Wildman–Crippen LogP) is 3.91. The Kier molecular flexibility index (Phi) is 7.14. The van der Waals surface area contributed by atoms with Gasteiger partial charge in [-0.05, 0) is 38.1 Å². The number of nitrogens with one attached hydrogen (secondary N) is 2. The predicted molar refractivity (Wildman–Crippen MR) is 98.3 cm³/mol. The van der Waals surface area contributed by atoms with E-state index in [9.17, 15) is 0 Å². The van der Waals surface area contributed by atoms with E-state index in [1.54, 1.807) is 0 Å². The fourth-order valence-electron chi connectivity index (χ4n) is 1.81. The van der Waals surface area contributed by atoms with Crippen molar-refractivity contribution in [2.45, 2.75) is 13.8 Å². The standard InChI is InChI=1S/C18H22N4O2/c1-3-23-17(21-19-15-11-7-5-8-12-15)18(24-4-2)22-20-16-13-9-6-10-14-16/h5-14,19-20H,3-4H2,1-2H3/b21-17-,22-18+. The lowest BCUT2D eigenvalue weighted by Crippen LogP contribution is -2.23. The lowest BCUT2D eigenvalue weighted by atomic mass is 10.3. The summed E-state index contributed by atoms with van der Waals surface area (Å²) in [4.78, 5) is 0. The molecule has 0 bridgehead atoms. The van der Waals surface area contributed by atoms with Crippen molar-refractivity contribution in [1.29, 1.82) is 0 Å². The Morgan fingerprint density at radius 2 is 1.08 bits per heavy atom. The molecule has 0 aliphatic rings. The molecule has 0 saturated carbocycles. The second kappa shape index (κ2) is 9.89. The maximum absolute atomic E-state index is 5.56. The van der Waals surface area contributed by atoms with Crippen LogP contribution in [0.15, 0.2) is 70.9 Å². The molecule has 0 radical (unpaired) electrons. The second-order valence-corrected chi connectivity index (χ2v) is 4.66. The number of hydrogen-bond donors (Lipinski definition) is 2. The Morgan fingerprint density at radius 3 is 1.42 bits per heavy atom. The van der Waals surface area contributed by atoms with E-state index in [0.29, 0.717) is 13.2 Å². The minimum atomic E-state index is 0.284. The smallest absolute Gasteiger partial charge is 0.296 e. The Bertz CT molecular complexity index is 598. The van der Waals surface area contributed by atoms with E-state index in [0.717, 1.165) is 11.4 Å². The number of benzene rings is 2. The topological polar surface area (TPSA) is 67.2 Å². The summed E-state index contributed by atoms with van der Waals surface area (Å²) in [5.74, 6) is 0.568. The van der Waals surface area contributed by atoms with Crippen molar-refractivity contribution < 1.29 is 9.47 Å². The number of para-hydroxylation sites is 2. The van der Waals surface area contributed by atoms with E-state index in [-0.39, 0.29) is 11.8 Å². The number of hydrazone groups is 2. The molecule has 0 spiro atoms. The highest BCUT2D eigenvalue weighted by Gasteiger charge is 2.13. The zero-order valence-electron chi connectivity index (χ0n) is 13.9. The molecule has 0 aliphatic carbocycles. The molecule has 0 fully saturated rings. The summed E-state index contributed by atoms with van der Waals surface area (Å²) in [6.45, 7) is 4.66. The number of nitrogens with zero attached hydrogens (tertiary/aromatic N) is 2. The highest BCUT2D eigenvalue weighted by molar-refractivity contribution is 6.35. The molecule has 6 nitrogen and oxygen atoms in total. The highest BCUT2D eigenvalue weighted by Crippen LogP contribution is 2.07. The van der Waals surface area contributed by atoms with E-state index in [1.165, 1.54) is 0 Å². The molecule has 0 atom stereocenters. The zero-order valence-corrected chi connectivity index (χ0v) is 13.9. The van der Waals surface area contributed by atoms with Gasteiger partial charge in [0.1, 0.15) is 0 Å². The fraction of sp³-hybridized carbons (Fsp3) is 0.222. The first-order valence-corrected chi connectivity index (χ1v) is 7.87. The lowest BCUT2D eigenvalue weighted by molar-refractivity contribution is 0.295.